The van der Waals surface area contributed by atoms with Crippen molar-refractivity contribution in [1.29, 1.82) is 0 Å². The molecule has 4 rings (SSSR count). The monoisotopic (exact) mass is 410 g/mol. The molecule has 2 nitrogen and oxygen atoms in total. The maximum absolute atomic E-state index is 13.2. The van der Waals surface area contributed by atoms with E-state index < -0.39 is 0 Å². The maximum atomic E-state index is 13.2. The van der Waals surface area contributed by atoms with Crippen LogP contribution >= 0.6 is 11.3 Å². The molecule has 1 N–H and O–H groups in total. The van der Waals surface area contributed by atoms with Gasteiger partial charge in [0.2, 0.25) is 0 Å². The third kappa shape index (κ3) is 4.45. The molecular formula is C25H27FO2S. The molecule has 1 saturated heterocycles. The predicted molar refractivity (Wildman–Crippen MR) is 117 cm³/mol. The Bertz CT molecular complexity index is 979. The van der Waals surface area contributed by atoms with E-state index in [2.05, 4.69) is 44.2 Å². The molecule has 0 radical (unpaired) electrons. The number of aliphatic hydroxyl groups excluding tert-OH is 1. The van der Waals surface area contributed by atoms with Gasteiger partial charge < -0.3 is 9.84 Å². The average Bonchev–Trinajstić information content (AvgIpc) is 3.15. The Morgan fingerprint density at radius 3 is 2.59 bits per heavy atom. The van der Waals surface area contributed by atoms with Gasteiger partial charge in [-0.2, -0.15) is 0 Å². The van der Waals surface area contributed by atoms with E-state index in [1.165, 1.54) is 28.1 Å². The van der Waals surface area contributed by atoms with E-state index in [0.717, 1.165) is 22.4 Å². The summed E-state index contributed by atoms with van der Waals surface area (Å²) in [5.41, 5.74) is 4.71. The topological polar surface area (TPSA) is 29.5 Å². The summed E-state index contributed by atoms with van der Waals surface area (Å²) in [7, 11) is 0. The summed E-state index contributed by atoms with van der Waals surface area (Å²) >= 11 is 1.74. The molecule has 4 heteroatoms. The van der Waals surface area contributed by atoms with E-state index in [1.807, 2.05) is 19.1 Å². The highest BCUT2D eigenvalue weighted by molar-refractivity contribution is 7.15. The molecule has 1 aliphatic rings. The summed E-state index contributed by atoms with van der Waals surface area (Å²) in [6.45, 7) is 6.23. The molecule has 0 spiro atoms. The Kier molecular flexibility index (Phi) is 5.86. The van der Waals surface area contributed by atoms with Crippen molar-refractivity contribution in [3.05, 3.63) is 82.0 Å². The molecule has 2 heterocycles. The third-order valence-corrected chi connectivity index (χ3v) is 7.03. The molecule has 2 aromatic carbocycles. The molecule has 4 atom stereocenters. The molecule has 1 aliphatic heterocycles. The number of aryl methyl sites for hydroxylation is 1. The van der Waals surface area contributed by atoms with Crippen molar-refractivity contribution < 1.29 is 14.2 Å². The zero-order valence-electron chi connectivity index (χ0n) is 17.1. The normalized spacial score (nSPS) is 24.6. The lowest BCUT2D eigenvalue weighted by Crippen LogP contribution is -2.36. The highest BCUT2D eigenvalue weighted by Crippen LogP contribution is 2.37. The molecule has 1 fully saturated rings. The number of hydrogen-bond acceptors (Lipinski definition) is 3. The van der Waals surface area contributed by atoms with Gasteiger partial charge in [-0.3, -0.25) is 0 Å². The van der Waals surface area contributed by atoms with Gasteiger partial charge in [0.25, 0.3) is 0 Å². The van der Waals surface area contributed by atoms with Crippen LogP contribution in [0.5, 0.6) is 0 Å². The summed E-state index contributed by atoms with van der Waals surface area (Å²) in [4.78, 5) is 2.42. The summed E-state index contributed by atoms with van der Waals surface area (Å²) in [5.74, 6) is -0.134. The summed E-state index contributed by atoms with van der Waals surface area (Å²) < 4.78 is 19.4. The van der Waals surface area contributed by atoms with E-state index in [1.54, 1.807) is 11.3 Å². The van der Waals surface area contributed by atoms with Crippen LogP contribution < -0.4 is 0 Å². The summed E-state index contributed by atoms with van der Waals surface area (Å²) in [6, 6.07) is 17.4. The van der Waals surface area contributed by atoms with Gasteiger partial charge in [-0.25, -0.2) is 4.39 Å². The van der Waals surface area contributed by atoms with Gasteiger partial charge in [-0.05, 0) is 66.8 Å². The van der Waals surface area contributed by atoms with Gasteiger partial charge in [-0.1, -0.05) is 37.3 Å². The van der Waals surface area contributed by atoms with Gasteiger partial charge in [0.1, 0.15) is 5.82 Å². The van der Waals surface area contributed by atoms with Gasteiger partial charge >= 0.3 is 0 Å². The van der Waals surface area contributed by atoms with E-state index in [0.29, 0.717) is 6.42 Å². The van der Waals surface area contributed by atoms with Crippen molar-refractivity contribution in [2.75, 3.05) is 0 Å². The molecule has 4 unspecified atom stereocenters. The number of hydrogen-bond donors (Lipinski definition) is 1. The summed E-state index contributed by atoms with van der Waals surface area (Å²) in [5, 5.41) is 10.4. The molecule has 1 aromatic heterocycles. The lowest BCUT2D eigenvalue weighted by molar-refractivity contribution is -0.126. The Morgan fingerprint density at radius 1 is 1.07 bits per heavy atom. The first-order valence-corrected chi connectivity index (χ1v) is 11.0. The SMILES string of the molecule is Cc1ccc(C2OC(C)CC(O)C2C)cc1Cc1ccc(-c2ccc(F)cc2)s1. The second-order valence-electron chi connectivity index (χ2n) is 8.17. The van der Waals surface area contributed by atoms with Crippen LogP contribution in [0.2, 0.25) is 0 Å². The molecule has 0 amide bonds. The average molecular weight is 411 g/mol. The van der Waals surface area contributed by atoms with Crippen LogP contribution in [0, 0.1) is 18.7 Å². The minimum Gasteiger partial charge on any atom is -0.393 e. The van der Waals surface area contributed by atoms with Crippen molar-refractivity contribution in [2.45, 2.75) is 51.9 Å². The van der Waals surface area contributed by atoms with Crippen molar-refractivity contribution >= 4 is 11.3 Å². The number of thiophene rings is 1. The van der Waals surface area contributed by atoms with Crippen molar-refractivity contribution in [3.8, 4) is 10.4 Å². The first kappa shape index (κ1) is 20.3. The fourth-order valence-corrected chi connectivity index (χ4v) is 5.09. The van der Waals surface area contributed by atoms with Crippen LogP contribution in [0.15, 0.2) is 54.6 Å². The zero-order valence-corrected chi connectivity index (χ0v) is 17.9. The maximum Gasteiger partial charge on any atom is 0.123 e. The number of rotatable bonds is 4. The van der Waals surface area contributed by atoms with E-state index in [-0.39, 0.29) is 30.0 Å². The quantitative estimate of drug-likeness (QED) is 0.547. The van der Waals surface area contributed by atoms with Crippen molar-refractivity contribution in [2.24, 2.45) is 5.92 Å². The fourth-order valence-electron chi connectivity index (χ4n) is 4.06. The highest BCUT2D eigenvalue weighted by Gasteiger charge is 2.34. The fraction of sp³-hybridized carbons (Fsp3) is 0.360. The van der Waals surface area contributed by atoms with Gasteiger partial charge in [0.05, 0.1) is 18.3 Å². The van der Waals surface area contributed by atoms with E-state index in [9.17, 15) is 9.50 Å². The first-order chi connectivity index (χ1) is 13.9. The Balaban J connectivity index is 1.56. The Labute approximate surface area is 176 Å². The second kappa shape index (κ2) is 8.39. The first-order valence-electron chi connectivity index (χ1n) is 10.2. The highest BCUT2D eigenvalue weighted by atomic mass is 32.1. The predicted octanol–water partition coefficient (Wildman–Crippen LogP) is 6.30. The van der Waals surface area contributed by atoms with Gasteiger partial charge in [0.15, 0.2) is 0 Å². The molecule has 0 aliphatic carbocycles. The van der Waals surface area contributed by atoms with Gasteiger partial charge in [0, 0.05) is 22.1 Å². The summed E-state index contributed by atoms with van der Waals surface area (Å²) in [6.07, 6.45) is 1.20. The van der Waals surface area contributed by atoms with Crippen LogP contribution in [0.25, 0.3) is 10.4 Å². The molecule has 29 heavy (non-hydrogen) atoms. The minimum absolute atomic E-state index is 0.0616. The lowest BCUT2D eigenvalue weighted by Gasteiger charge is -2.37. The van der Waals surface area contributed by atoms with E-state index in [4.69, 9.17) is 4.74 Å². The number of ether oxygens (including phenoxy) is 1. The van der Waals surface area contributed by atoms with Crippen LogP contribution in [-0.2, 0) is 11.2 Å². The van der Waals surface area contributed by atoms with Gasteiger partial charge in [-0.15, -0.1) is 11.3 Å². The zero-order chi connectivity index (χ0) is 20.5. The van der Waals surface area contributed by atoms with Crippen LogP contribution in [0.3, 0.4) is 0 Å². The minimum atomic E-state index is -0.330. The number of aliphatic hydroxyl groups is 1. The molecular weight excluding hydrogens is 383 g/mol. The molecule has 152 valence electrons. The second-order valence-corrected chi connectivity index (χ2v) is 9.33. The number of benzene rings is 2. The van der Waals surface area contributed by atoms with Crippen LogP contribution in [0.1, 0.15) is 47.9 Å². The third-order valence-electron chi connectivity index (χ3n) is 5.89. The van der Waals surface area contributed by atoms with Crippen LogP contribution in [-0.4, -0.2) is 17.3 Å². The molecule has 3 aromatic rings. The largest absolute Gasteiger partial charge is 0.393 e. The van der Waals surface area contributed by atoms with Crippen molar-refractivity contribution in [3.63, 3.8) is 0 Å². The molecule has 0 saturated carbocycles. The Morgan fingerprint density at radius 2 is 1.83 bits per heavy atom. The molecule has 0 bridgehead atoms. The Hall–Kier alpha value is -2.01. The number of halogens is 1. The van der Waals surface area contributed by atoms with Crippen LogP contribution in [0.4, 0.5) is 4.39 Å². The van der Waals surface area contributed by atoms with Crippen molar-refractivity contribution in [1.82, 2.24) is 0 Å². The smallest absolute Gasteiger partial charge is 0.123 e. The standard InChI is InChI=1S/C25H27FO2S/c1-15-4-5-19(25-17(3)23(27)12-16(2)28-25)13-20(15)14-22-10-11-24(29-22)18-6-8-21(26)9-7-18/h4-11,13,16-17,23,25,27H,12,14H2,1-3H3. The lowest BCUT2D eigenvalue weighted by atomic mass is 9.85. The van der Waals surface area contributed by atoms with E-state index >= 15 is 0 Å².